The molecule has 2 aromatic rings. The second-order valence-electron chi connectivity index (χ2n) is 5.57. The van der Waals surface area contributed by atoms with Gasteiger partial charge in [-0.25, -0.2) is 9.59 Å². The lowest BCUT2D eigenvalue weighted by Gasteiger charge is -2.05. The smallest absolute Gasteiger partial charge is 0.339 e. The van der Waals surface area contributed by atoms with Crippen molar-refractivity contribution in [2.24, 2.45) is 0 Å². The van der Waals surface area contributed by atoms with Gasteiger partial charge in [0.1, 0.15) is 5.78 Å². The average Bonchev–Trinajstić information content (AvgIpc) is 2.63. The topological polar surface area (TPSA) is 82.6 Å². The molecular weight excluding hydrogens is 334 g/mol. The highest BCUT2D eigenvalue weighted by atomic mass is 16.5. The van der Waals surface area contributed by atoms with Crippen molar-refractivity contribution in [2.45, 2.75) is 26.7 Å². The summed E-state index contributed by atoms with van der Waals surface area (Å²) in [4.78, 5) is 39.5. The maximum atomic E-state index is 12.2. The number of Topliss-reactive ketones (excluding diaryl/α,β-unsaturated/α-hetero) is 1. The van der Waals surface area contributed by atoms with Gasteiger partial charge in [0, 0.05) is 24.7 Å². The maximum Gasteiger partial charge on any atom is 0.339 e. The SMILES string of the molecule is CCOC(=O)c1ccc(CC(=O)Cc2ccc(C(=O)OCC)cn2)cc1. The van der Waals surface area contributed by atoms with E-state index in [1.807, 2.05) is 0 Å². The first-order valence-corrected chi connectivity index (χ1v) is 8.43. The van der Waals surface area contributed by atoms with Crippen molar-refractivity contribution in [3.8, 4) is 0 Å². The first-order chi connectivity index (χ1) is 12.5. The molecule has 0 fully saturated rings. The summed E-state index contributed by atoms with van der Waals surface area (Å²) >= 11 is 0. The van der Waals surface area contributed by atoms with Gasteiger partial charge in [-0.3, -0.25) is 9.78 Å². The van der Waals surface area contributed by atoms with Gasteiger partial charge in [0.25, 0.3) is 0 Å². The molecule has 0 radical (unpaired) electrons. The van der Waals surface area contributed by atoms with E-state index in [9.17, 15) is 14.4 Å². The molecular formula is C20H21NO5. The second kappa shape index (κ2) is 9.46. The van der Waals surface area contributed by atoms with Gasteiger partial charge in [-0.1, -0.05) is 12.1 Å². The van der Waals surface area contributed by atoms with E-state index < -0.39 is 5.97 Å². The number of esters is 2. The Labute approximate surface area is 152 Å². The van der Waals surface area contributed by atoms with Crippen molar-refractivity contribution >= 4 is 17.7 Å². The van der Waals surface area contributed by atoms with Crippen LogP contribution in [0.4, 0.5) is 0 Å². The van der Waals surface area contributed by atoms with Crippen LogP contribution in [0.1, 0.15) is 45.8 Å². The zero-order valence-electron chi connectivity index (χ0n) is 14.9. The van der Waals surface area contributed by atoms with Crippen LogP contribution < -0.4 is 0 Å². The zero-order valence-corrected chi connectivity index (χ0v) is 14.9. The summed E-state index contributed by atoms with van der Waals surface area (Å²) in [5.41, 5.74) is 2.22. The quantitative estimate of drug-likeness (QED) is 0.677. The second-order valence-corrected chi connectivity index (χ2v) is 5.57. The molecule has 0 spiro atoms. The molecule has 6 heteroatoms. The van der Waals surface area contributed by atoms with E-state index in [0.29, 0.717) is 30.0 Å². The first-order valence-electron chi connectivity index (χ1n) is 8.43. The van der Waals surface area contributed by atoms with Gasteiger partial charge in [0.15, 0.2) is 0 Å². The molecule has 0 aliphatic rings. The summed E-state index contributed by atoms with van der Waals surface area (Å²) in [5.74, 6) is -0.818. The molecule has 0 saturated heterocycles. The Morgan fingerprint density at radius 3 is 1.92 bits per heavy atom. The van der Waals surface area contributed by atoms with Crippen LogP contribution >= 0.6 is 0 Å². The average molecular weight is 355 g/mol. The lowest BCUT2D eigenvalue weighted by atomic mass is 10.0. The lowest BCUT2D eigenvalue weighted by Crippen LogP contribution is -2.10. The molecule has 26 heavy (non-hydrogen) atoms. The standard InChI is InChI=1S/C20H21NO5/c1-3-25-19(23)15-7-5-14(6-8-15)11-18(22)12-17-10-9-16(13-21-17)20(24)26-4-2/h5-10,13H,3-4,11-12H2,1-2H3. The summed E-state index contributed by atoms with van der Waals surface area (Å²) in [6.07, 6.45) is 1.82. The molecule has 0 aliphatic heterocycles. The van der Waals surface area contributed by atoms with E-state index in [1.165, 1.54) is 6.20 Å². The molecule has 1 heterocycles. The molecule has 0 amide bonds. The molecule has 0 N–H and O–H groups in total. The predicted molar refractivity (Wildman–Crippen MR) is 95.0 cm³/mol. The van der Waals surface area contributed by atoms with Crippen molar-refractivity contribution in [1.82, 2.24) is 4.98 Å². The van der Waals surface area contributed by atoms with Crippen LogP contribution in [0.2, 0.25) is 0 Å². The molecule has 0 atom stereocenters. The highest BCUT2D eigenvalue weighted by Crippen LogP contribution is 2.09. The fourth-order valence-electron chi connectivity index (χ4n) is 2.33. The third-order valence-electron chi connectivity index (χ3n) is 3.58. The number of aromatic nitrogens is 1. The van der Waals surface area contributed by atoms with Gasteiger partial charge in [-0.05, 0) is 43.7 Å². The van der Waals surface area contributed by atoms with E-state index in [1.54, 1.807) is 50.2 Å². The maximum absolute atomic E-state index is 12.2. The monoisotopic (exact) mass is 355 g/mol. The number of carbonyl (C=O) groups is 3. The number of nitrogens with zero attached hydrogens (tertiary/aromatic N) is 1. The summed E-state index contributed by atoms with van der Waals surface area (Å²) < 4.78 is 9.81. The van der Waals surface area contributed by atoms with E-state index in [0.717, 1.165) is 5.56 Å². The Bertz CT molecular complexity index is 700. The Hall–Kier alpha value is -3.02. The summed E-state index contributed by atoms with van der Waals surface area (Å²) in [7, 11) is 0. The third kappa shape index (κ3) is 5.51. The van der Waals surface area contributed by atoms with Crippen LogP contribution in [0.15, 0.2) is 42.6 Å². The van der Waals surface area contributed by atoms with Gasteiger partial charge in [0.2, 0.25) is 0 Å². The van der Waals surface area contributed by atoms with Crippen molar-refractivity contribution < 1.29 is 23.9 Å². The minimum atomic E-state index is -0.431. The number of ether oxygens (including phenoxy) is 2. The highest BCUT2D eigenvalue weighted by Gasteiger charge is 2.11. The molecule has 2 rings (SSSR count). The number of hydrogen-bond donors (Lipinski definition) is 0. The molecule has 0 saturated carbocycles. The number of rotatable bonds is 8. The first kappa shape index (κ1) is 19.3. The Morgan fingerprint density at radius 1 is 0.808 bits per heavy atom. The number of hydrogen-bond acceptors (Lipinski definition) is 6. The molecule has 136 valence electrons. The third-order valence-corrected chi connectivity index (χ3v) is 3.58. The molecule has 0 aliphatic carbocycles. The fourth-order valence-corrected chi connectivity index (χ4v) is 2.33. The minimum Gasteiger partial charge on any atom is -0.462 e. The number of carbonyl (C=O) groups excluding carboxylic acids is 3. The van der Waals surface area contributed by atoms with Gasteiger partial charge < -0.3 is 9.47 Å². The van der Waals surface area contributed by atoms with Crippen molar-refractivity contribution in [2.75, 3.05) is 13.2 Å². The van der Waals surface area contributed by atoms with Crippen LogP contribution in [0.3, 0.4) is 0 Å². The summed E-state index contributed by atoms with van der Waals surface area (Å²) in [6.45, 7) is 4.10. The van der Waals surface area contributed by atoms with E-state index in [2.05, 4.69) is 4.98 Å². The highest BCUT2D eigenvalue weighted by molar-refractivity contribution is 5.90. The molecule has 0 unspecified atom stereocenters. The Balaban J connectivity index is 1.92. The van der Waals surface area contributed by atoms with Crippen LogP contribution in [-0.2, 0) is 27.1 Å². The fraction of sp³-hybridized carbons (Fsp3) is 0.300. The van der Waals surface area contributed by atoms with Crippen LogP contribution in [0.25, 0.3) is 0 Å². The van der Waals surface area contributed by atoms with E-state index in [4.69, 9.17) is 9.47 Å². The van der Waals surface area contributed by atoms with Gasteiger partial charge in [-0.2, -0.15) is 0 Å². The van der Waals surface area contributed by atoms with E-state index >= 15 is 0 Å². The van der Waals surface area contributed by atoms with Gasteiger partial charge in [0.05, 0.1) is 24.3 Å². The molecule has 1 aromatic heterocycles. The van der Waals surface area contributed by atoms with E-state index in [-0.39, 0.29) is 24.6 Å². The lowest BCUT2D eigenvalue weighted by molar-refractivity contribution is -0.117. The summed E-state index contributed by atoms with van der Waals surface area (Å²) in [6, 6.07) is 10.0. The minimum absolute atomic E-state index is 0.00901. The van der Waals surface area contributed by atoms with Crippen LogP contribution in [0, 0.1) is 0 Å². The predicted octanol–water partition coefficient (Wildman–Crippen LogP) is 2.79. The van der Waals surface area contributed by atoms with Gasteiger partial charge >= 0.3 is 11.9 Å². The van der Waals surface area contributed by atoms with Crippen molar-refractivity contribution in [1.29, 1.82) is 0 Å². The molecule has 0 bridgehead atoms. The number of benzene rings is 1. The Kier molecular flexibility index (Phi) is 7.02. The normalized spacial score (nSPS) is 10.2. The largest absolute Gasteiger partial charge is 0.462 e. The zero-order chi connectivity index (χ0) is 18.9. The van der Waals surface area contributed by atoms with Gasteiger partial charge in [-0.15, -0.1) is 0 Å². The van der Waals surface area contributed by atoms with Crippen molar-refractivity contribution in [3.05, 3.63) is 65.0 Å². The number of ketones is 1. The summed E-state index contributed by atoms with van der Waals surface area (Å²) in [5, 5.41) is 0. The van der Waals surface area contributed by atoms with Crippen LogP contribution in [-0.4, -0.2) is 35.9 Å². The number of pyridine rings is 1. The van der Waals surface area contributed by atoms with Crippen molar-refractivity contribution in [3.63, 3.8) is 0 Å². The van der Waals surface area contributed by atoms with Crippen LogP contribution in [0.5, 0.6) is 0 Å². The molecule has 1 aromatic carbocycles. The Morgan fingerprint density at radius 2 is 1.38 bits per heavy atom. The molecule has 6 nitrogen and oxygen atoms in total.